The average Bonchev–Trinajstić information content (AvgIpc) is 3.29. The van der Waals surface area contributed by atoms with Gasteiger partial charge in [0.1, 0.15) is 6.04 Å². The average molecular weight is 569 g/mol. The highest BCUT2D eigenvalue weighted by Crippen LogP contribution is 2.49. The largest absolute Gasteiger partial charge is 0.428 e. The molecule has 2 aromatic carbocycles. The maximum Gasteiger partial charge on any atom is 0.428 e. The Hall–Kier alpha value is -3.38. The molecule has 5 nitrogen and oxygen atoms in total. The first-order chi connectivity index (χ1) is 17.5. The summed E-state index contributed by atoms with van der Waals surface area (Å²) in [5, 5.41) is 11.8. The number of amides is 1. The van der Waals surface area contributed by atoms with Gasteiger partial charge in [-0.05, 0) is 41.7 Å². The second-order valence-electron chi connectivity index (χ2n) is 7.97. The van der Waals surface area contributed by atoms with Crippen molar-refractivity contribution in [3.63, 3.8) is 0 Å². The SMILES string of the molecule is CSCC(=O)NC(C#N)c1ccc(C2=CC(c3cc(C(F)(F)F)cc(C(F)(F)F)c3)(C(F)(F)F)ON2)cc1. The van der Waals surface area contributed by atoms with Crippen molar-refractivity contribution >= 4 is 23.4 Å². The number of thioether (sulfide) groups is 1. The van der Waals surface area contributed by atoms with E-state index in [9.17, 15) is 49.6 Å². The lowest BCUT2D eigenvalue weighted by atomic mass is 9.88. The van der Waals surface area contributed by atoms with E-state index < -0.39 is 58.5 Å². The second-order valence-corrected chi connectivity index (χ2v) is 8.84. The molecule has 204 valence electrons. The lowest BCUT2D eigenvalue weighted by molar-refractivity contribution is -0.269. The van der Waals surface area contributed by atoms with Gasteiger partial charge in [-0.25, -0.2) is 0 Å². The Labute approximate surface area is 213 Å². The summed E-state index contributed by atoms with van der Waals surface area (Å²) in [7, 11) is 0. The molecule has 0 bridgehead atoms. The number of nitrogens with one attached hydrogen (secondary N) is 2. The van der Waals surface area contributed by atoms with Crippen LogP contribution in [0.1, 0.15) is 33.9 Å². The Morgan fingerprint density at radius 1 is 1.03 bits per heavy atom. The van der Waals surface area contributed by atoms with Crippen LogP contribution in [0, 0.1) is 11.3 Å². The number of rotatable bonds is 6. The van der Waals surface area contributed by atoms with Crippen molar-refractivity contribution in [2.45, 2.75) is 30.2 Å². The number of nitrogens with zero attached hydrogens (tertiary/aromatic N) is 1. The van der Waals surface area contributed by atoms with Gasteiger partial charge in [-0.15, -0.1) is 0 Å². The van der Waals surface area contributed by atoms with Crippen LogP contribution in [0.5, 0.6) is 0 Å². The summed E-state index contributed by atoms with van der Waals surface area (Å²) in [4.78, 5) is 16.4. The van der Waals surface area contributed by atoms with Crippen molar-refractivity contribution in [3.8, 4) is 6.07 Å². The first-order valence-electron chi connectivity index (χ1n) is 10.3. The van der Waals surface area contributed by atoms with E-state index in [4.69, 9.17) is 0 Å². The van der Waals surface area contributed by atoms with Crippen LogP contribution in [-0.2, 0) is 27.6 Å². The Balaban J connectivity index is 2.06. The third-order valence-corrected chi connectivity index (χ3v) is 5.92. The fourth-order valence-corrected chi connectivity index (χ4v) is 3.88. The zero-order valence-electron chi connectivity index (χ0n) is 19.0. The number of nitriles is 1. The summed E-state index contributed by atoms with van der Waals surface area (Å²) in [6, 6.07) is 5.48. The Morgan fingerprint density at radius 3 is 2.03 bits per heavy atom. The summed E-state index contributed by atoms with van der Waals surface area (Å²) in [6.45, 7) is 0. The molecule has 0 aromatic heterocycles. The number of halogens is 9. The van der Waals surface area contributed by atoms with E-state index in [2.05, 4.69) is 10.2 Å². The summed E-state index contributed by atoms with van der Waals surface area (Å²) in [6.07, 6.45) is -14.2. The fourth-order valence-electron chi connectivity index (χ4n) is 3.53. The number of benzene rings is 2. The van der Waals surface area contributed by atoms with E-state index >= 15 is 0 Å². The van der Waals surface area contributed by atoms with Gasteiger partial charge in [0.2, 0.25) is 11.5 Å². The van der Waals surface area contributed by atoms with Gasteiger partial charge >= 0.3 is 18.5 Å². The molecule has 0 fully saturated rings. The molecule has 15 heteroatoms. The molecular formula is C23H16F9N3O2S. The van der Waals surface area contributed by atoms with Crippen molar-refractivity contribution in [1.82, 2.24) is 10.8 Å². The molecule has 0 spiro atoms. The highest BCUT2D eigenvalue weighted by molar-refractivity contribution is 7.99. The summed E-state index contributed by atoms with van der Waals surface area (Å²) in [5.74, 6) is -0.355. The minimum Gasteiger partial charge on any atom is -0.336 e. The Bertz CT molecular complexity index is 1230. The van der Waals surface area contributed by atoms with Crippen LogP contribution in [0.3, 0.4) is 0 Å². The van der Waals surface area contributed by atoms with Crippen LogP contribution < -0.4 is 10.8 Å². The van der Waals surface area contributed by atoms with E-state index in [-0.39, 0.29) is 35.1 Å². The highest BCUT2D eigenvalue weighted by Gasteiger charge is 2.60. The summed E-state index contributed by atoms with van der Waals surface area (Å²) in [5.41, 5.74) is -7.18. The normalized spacial score (nSPS) is 18.8. The molecular weight excluding hydrogens is 553 g/mol. The van der Waals surface area contributed by atoms with Crippen LogP contribution in [-0.4, -0.2) is 24.1 Å². The van der Waals surface area contributed by atoms with Gasteiger partial charge in [-0.3, -0.25) is 15.1 Å². The molecule has 3 rings (SSSR count). The summed E-state index contributed by atoms with van der Waals surface area (Å²) >= 11 is 1.21. The molecule has 0 saturated heterocycles. The molecule has 2 atom stereocenters. The van der Waals surface area contributed by atoms with Crippen molar-refractivity contribution in [2.75, 3.05) is 12.0 Å². The van der Waals surface area contributed by atoms with Crippen molar-refractivity contribution < 1.29 is 49.1 Å². The van der Waals surface area contributed by atoms with Gasteiger partial charge in [0.05, 0.1) is 28.6 Å². The number of hydroxylamine groups is 1. The van der Waals surface area contributed by atoms with E-state index in [0.717, 1.165) is 0 Å². The minimum absolute atomic E-state index is 0.00928. The van der Waals surface area contributed by atoms with Crippen molar-refractivity contribution in [2.24, 2.45) is 0 Å². The molecule has 1 aliphatic rings. The van der Waals surface area contributed by atoms with Gasteiger partial charge in [0.25, 0.3) is 0 Å². The lowest BCUT2D eigenvalue weighted by Gasteiger charge is -2.29. The van der Waals surface area contributed by atoms with Gasteiger partial charge < -0.3 is 5.32 Å². The smallest absolute Gasteiger partial charge is 0.336 e. The molecule has 2 aromatic rings. The molecule has 2 unspecified atom stereocenters. The van der Waals surface area contributed by atoms with E-state index in [0.29, 0.717) is 6.08 Å². The number of hydrogen-bond acceptors (Lipinski definition) is 5. The Kier molecular flexibility index (Phi) is 7.99. The molecule has 0 radical (unpaired) electrons. The number of carbonyl (C=O) groups excluding carboxylic acids is 1. The number of alkyl halides is 9. The maximum absolute atomic E-state index is 14.2. The number of hydrogen-bond donors (Lipinski definition) is 2. The molecule has 1 heterocycles. The minimum atomic E-state index is -5.48. The van der Waals surface area contributed by atoms with Gasteiger partial charge in [0, 0.05) is 5.56 Å². The Morgan fingerprint density at radius 2 is 1.58 bits per heavy atom. The monoisotopic (exact) mass is 569 g/mol. The van der Waals surface area contributed by atoms with Crippen LogP contribution in [0.2, 0.25) is 0 Å². The first-order valence-corrected chi connectivity index (χ1v) is 11.7. The highest BCUT2D eigenvalue weighted by atomic mass is 32.2. The molecule has 1 amide bonds. The van der Waals surface area contributed by atoms with Gasteiger partial charge in [0.15, 0.2) is 0 Å². The number of carbonyl (C=O) groups is 1. The molecule has 38 heavy (non-hydrogen) atoms. The van der Waals surface area contributed by atoms with Crippen molar-refractivity contribution in [1.29, 1.82) is 5.26 Å². The zero-order chi connectivity index (χ0) is 28.5. The third kappa shape index (κ3) is 6.02. The molecule has 0 saturated carbocycles. The van der Waals surface area contributed by atoms with Crippen LogP contribution in [0.4, 0.5) is 39.5 Å². The topological polar surface area (TPSA) is 74.2 Å². The second kappa shape index (κ2) is 10.4. The van der Waals surface area contributed by atoms with Gasteiger partial charge in [-0.2, -0.15) is 56.5 Å². The molecule has 2 N–H and O–H groups in total. The van der Waals surface area contributed by atoms with Crippen molar-refractivity contribution in [3.05, 3.63) is 76.4 Å². The molecule has 0 aliphatic carbocycles. The maximum atomic E-state index is 14.2. The summed E-state index contributed by atoms with van der Waals surface area (Å²) < 4.78 is 122. The third-order valence-electron chi connectivity index (χ3n) is 5.37. The van der Waals surface area contributed by atoms with E-state index in [1.54, 1.807) is 6.26 Å². The standard InChI is InChI=1S/C23H16F9N3O2S/c1-38-11-19(36)34-18(10-33)13-4-2-12(3-5-13)17-9-20(37-35-17,23(30,31)32)14-6-15(21(24,25)26)8-16(7-14)22(27,28)29/h2-9,18,35H,11H2,1H3,(H,34,36). The predicted octanol–water partition coefficient (Wildman–Crippen LogP) is 6.10. The molecule has 1 aliphatic heterocycles. The first kappa shape index (κ1) is 29.2. The quantitative estimate of drug-likeness (QED) is 0.412. The van der Waals surface area contributed by atoms with Crippen LogP contribution in [0.25, 0.3) is 5.70 Å². The predicted molar refractivity (Wildman–Crippen MR) is 118 cm³/mol. The van der Waals surface area contributed by atoms with Crippen LogP contribution >= 0.6 is 11.8 Å². The fraction of sp³-hybridized carbons (Fsp3) is 0.304. The van der Waals surface area contributed by atoms with E-state index in [1.807, 2.05) is 11.5 Å². The van der Waals surface area contributed by atoms with Gasteiger partial charge in [-0.1, -0.05) is 24.3 Å². The van der Waals surface area contributed by atoms with E-state index in [1.165, 1.54) is 36.0 Å². The lowest BCUT2D eigenvalue weighted by Crippen LogP contribution is -2.43. The van der Waals surface area contributed by atoms with Crippen LogP contribution in [0.15, 0.2) is 48.5 Å². The zero-order valence-corrected chi connectivity index (χ0v) is 19.8.